The van der Waals surface area contributed by atoms with Crippen LogP contribution in [0.25, 0.3) is 30.4 Å². The molecular formula is C20H30N2O3S6Si. The van der Waals surface area contributed by atoms with Gasteiger partial charge in [-0.2, -0.15) is 54.0 Å². The van der Waals surface area contributed by atoms with Crippen LogP contribution in [0.5, 0.6) is 0 Å². The van der Waals surface area contributed by atoms with E-state index in [1.54, 1.807) is 44.0 Å². The molecule has 2 aromatic heterocycles. The van der Waals surface area contributed by atoms with Gasteiger partial charge in [-0.1, -0.05) is 24.3 Å². The van der Waals surface area contributed by atoms with Gasteiger partial charge in [0.2, 0.25) is 0 Å². The summed E-state index contributed by atoms with van der Waals surface area (Å²) in [6, 6.07) is 15.4. The van der Waals surface area contributed by atoms with Crippen molar-refractivity contribution >= 4 is 106 Å². The first-order chi connectivity index (χ1) is 13.7. The topological polar surface area (TPSA) is 53.5 Å². The number of thiazole rings is 2. The van der Waals surface area contributed by atoms with E-state index in [0.717, 1.165) is 39.9 Å². The van der Waals surface area contributed by atoms with E-state index >= 15 is 0 Å². The van der Waals surface area contributed by atoms with Crippen LogP contribution in [-0.2, 0) is 19.7 Å². The number of fused-ring (bicyclic) bond motifs is 2. The first-order valence-electron chi connectivity index (χ1n) is 9.08. The van der Waals surface area contributed by atoms with Gasteiger partial charge in [0.05, 0.1) is 20.4 Å². The van der Waals surface area contributed by atoms with Crippen molar-refractivity contribution in [2.75, 3.05) is 21.3 Å². The van der Waals surface area contributed by atoms with Crippen LogP contribution in [0.1, 0.15) is 12.0 Å². The summed E-state index contributed by atoms with van der Waals surface area (Å²) < 4.78 is 19.0. The molecule has 0 aliphatic carbocycles. The Morgan fingerprint density at radius 2 is 1.34 bits per heavy atom. The molecule has 178 valence electrons. The Hall–Kier alpha value is -0.283. The molecule has 0 aliphatic rings. The largest absolute Gasteiger partial charge is 0.500 e. The Morgan fingerprint density at radius 1 is 0.750 bits per heavy atom. The van der Waals surface area contributed by atoms with E-state index in [-0.39, 0.29) is 54.0 Å². The Labute approximate surface area is 226 Å². The molecule has 0 saturated carbocycles. The Bertz CT molecular complexity index is 1060. The summed E-state index contributed by atoms with van der Waals surface area (Å²) in [7, 11) is 2.44. The minimum Gasteiger partial charge on any atom is -0.377 e. The third-order valence-electron chi connectivity index (χ3n) is 4.84. The molecule has 0 spiro atoms. The maximum Gasteiger partial charge on any atom is 0.500 e. The van der Waals surface area contributed by atoms with Crippen LogP contribution in [0.15, 0.2) is 42.5 Å². The molecule has 0 unspecified atom stereocenters. The number of hydrogen-bond acceptors (Lipinski definition) is 7. The van der Waals surface area contributed by atoms with Crippen molar-refractivity contribution in [1.29, 1.82) is 0 Å². The number of rotatable bonds is 8. The summed E-state index contributed by atoms with van der Waals surface area (Å²) >= 11 is 3.40. The summed E-state index contributed by atoms with van der Waals surface area (Å²) in [4.78, 5) is 9.70. The molecule has 0 amide bonds. The van der Waals surface area contributed by atoms with E-state index in [9.17, 15) is 0 Å². The maximum absolute atomic E-state index is 5.53. The average molecular weight is 567 g/mol. The summed E-state index contributed by atoms with van der Waals surface area (Å²) in [6.45, 7) is 0. The molecule has 0 saturated heterocycles. The van der Waals surface area contributed by atoms with E-state index < -0.39 is 8.80 Å². The molecule has 12 heteroatoms. The Kier molecular flexibility index (Phi) is 14.1. The number of para-hydroxylation sites is 2. The molecule has 0 atom stereocenters. The monoisotopic (exact) mass is 566 g/mol. The third-order valence-corrected chi connectivity index (χ3v) is 9.87. The molecule has 2 heterocycles. The van der Waals surface area contributed by atoms with Crippen LogP contribution < -0.4 is 0 Å². The van der Waals surface area contributed by atoms with E-state index in [1.807, 2.05) is 18.2 Å². The van der Waals surface area contributed by atoms with Gasteiger partial charge in [-0.25, -0.2) is 9.97 Å². The molecule has 5 nitrogen and oxygen atoms in total. The molecule has 32 heavy (non-hydrogen) atoms. The minimum atomic E-state index is -2.53. The molecule has 0 N–H and O–H groups in total. The van der Waals surface area contributed by atoms with Crippen LogP contribution in [0.2, 0.25) is 6.04 Å². The summed E-state index contributed by atoms with van der Waals surface area (Å²) in [5, 5.41) is 1.97. The standard InChI is InChI=1S/C20H22N2O3S2Si.4H2S/c1-23-28(24-2,25-3)13-7-9-14-8-6-12-17-18(14)22-20(27-17)19-21-15-10-4-5-11-16(15)26-19;;;;/h4-6,8,10-12H,7,9,13H2,1-3H3;4*1H2. The average Bonchev–Trinajstić information content (AvgIpc) is 3.36. The van der Waals surface area contributed by atoms with Crippen LogP contribution in [0, 0.1) is 0 Å². The highest BCUT2D eigenvalue weighted by molar-refractivity contribution is 7.59. The lowest BCUT2D eigenvalue weighted by Crippen LogP contribution is -2.42. The number of hydrogen-bond donors (Lipinski definition) is 0. The van der Waals surface area contributed by atoms with Crippen molar-refractivity contribution in [3.8, 4) is 10.0 Å². The number of aryl methyl sites for hydroxylation is 1. The normalized spacial score (nSPS) is 10.7. The second kappa shape index (κ2) is 14.2. The Morgan fingerprint density at radius 3 is 2.00 bits per heavy atom. The molecule has 4 rings (SSSR count). The fourth-order valence-electron chi connectivity index (χ4n) is 3.31. The number of aromatic nitrogens is 2. The SMILES string of the molecule is CO[Si](CCCc1cccc2sc(-c3nc4ccccc4s3)nc12)(OC)OC.S.S.S.S. The van der Waals surface area contributed by atoms with E-state index in [4.69, 9.17) is 23.2 Å². The van der Waals surface area contributed by atoms with Gasteiger partial charge >= 0.3 is 8.80 Å². The predicted molar refractivity (Wildman–Crippen MR) is 160 cm³/mol. The molecule has 2 aromatic carbocycles. The number of benzene rings is 2. The van der Waals surface area contributed by atoms with Gasteiger partial charge in [-0.3, -0.25) is 0 Å². The lowest BCUT2D eigenvalue weighted by Gasteiger charge is -2.24. The quantitative estimate of drug-likeness (QED) is 0.251. The minimum absolute atomic E-state index is 0. The van der Waals surface area contributed by atoms with Gasteiger partial charge in [-0.15, -0.1) is 22.7 Å². The lowest BCUT2D eigenvalue weighted by molar-refractivity contribution is 0.123. The zero-order valence-corrected chi connectivity index (χ0v) is 24.7. The molecule has 0 aliphatic heterocycles. The van der Waals surface area contributed by atoms with E-state index in [0.29, 0.717) is 0 Å². The molecule has 4 aromatic rings. The van der Waals surface area contributed by atoms with Gasteiger partial charge in [0.15, 0.2) is 10.0 Å². The smallest absolute Gasteiger partial charge is 0.377 e. The van der Waals surface area contributed by atoms with Crippen LogP contribution >= 0.6 is 76.7 Å². The second-order valence-electron chi connectivity index (χ2n) is 6.42. The van der Waals surface area contributed by atoms with Crippen LogP contribution in [-0.4, -0.2) is 40.1 Å². The molecule has 0 fully saturated rings. The fourth-order valence-corrected chi connectivity index (χ4v) is 7.03. The van der Waals surface area contributed by atoms with Crippen LogP contribution in [0.3, 0.4) is 0 Å². The molecule has 0 bridgehead atoms. The van der Waals surface area contributed by atoms with Crippen LogP contribution in [0.4, 0.5) is 0 Å². The first kappa shape index (κ1) is 31.7. The number of nitrogens with zero attached hydrogens (tertiary/aromatic N) is 2. The van der Waals surface area contributed by atoms with E-state index in [2.05, 4.69) is 24.3 Å². The van der Waals surface area contributed by atoms with Gasteiger partial charge in [-0.05, 0) is 36.6 Å². The zero-order chi connectivity index (χ0) is 19.6. The van der Waals surface area contributed by atoms with Crippen molar-refractivity contribution in [2.24, 2.45) is 0 Å². The Balaban J connectivity index is 0.00000240. The van der Waals surface area contributed by atoms with Gasteiger partial charge in [0.1, 0.15) is 0 Å². The summed E-state index contributed by atoms with van der Waals surface area (Å²) in [5.74, 6) is 0. The highest BCUT2D eigenvalue weighted by Crippen LogP contribution is 2.36. The summed E-state index contributed by atoms with van der Waals surface area (Å²) in [5.41, 5.74) is 3.34. The van der Waals surface area contributed by atoms with Gasteiger partial charge in [0.25, 0.3) is 0 Å². The second-order valence-corrected chi connectivity index (χ2v) is 11.6. The van der Waals surface area contributed by atoms with E-state index in [1.165, 1.54) is 15.0 Å². The third kappa shape index (κ3) is 6.65. The first-order valence-corrected chi connectivity index (χ1v) is 12.6. The van der Waals surface area contributed by atoms with Crippen molar-refractivity contribution in [2.45, 2.75) is 18.9 Å². The van der Waals surface area contributed by atoms with Crippen molar-refractivity contribution in [3.63, 3.8) is 0 Å². The predicted octanol–water partition coefficient (Wildman–Crippen LogP) is 5.83. The maximum atomic E-state index is 5.53. The fraction of sp³-hybridized carbons (Fsp3) is 0.300. The van der Waals surface area contributed by atoms with Crippen molar-refractivity contribution in [1.82, 2.24) is 9.97 Å². The highest BCUT2D eigenvalue weighted by atomic mass is 32.1. The van der Waals surface area contributed by atoms with Gasteiger partial charge in [0, 0.05) is 27.4 Å². The highest BCUT2D eigenvalue weighted by Gasteiger charge is 2.36. The van der Waals surface area contributed by atoms with Crippen molar-refractivity contribution in [3.05, 3.63) is 48.0 Å². The molecule has 0 radical (unpaired) electrons. The molecular weight excluding hydrogens is 537 g/mol. The lowest BCUT2D eigenvalue weighted by atomic mass is 10.1. The zero-order valence-electron chi connectivity index (χ0n) is 18.1. The van der Waals surface area contributed by atoms with Crippen molar-refractivity contribution < 1.29 is 13.3 Å². The van der Waals surface area contributed by atoms with Gasteiger partial charge < -0.3 is 13.3 Å². The summed E-state index contributed by atoms with van der Waals surface area (Å²) in [6.07, 6.45) is 1.83.